The number of carbonyl (C=O) groups is 1. The molecule has 110 valence electrons. The standard InChI is InChI=1S/C17H15N3O2/c1-12-4-2-5-13(8-12)17(21)20-10-15(11-20)22-16-14(9-18)6-3-7-19-16/h2-8,15H,10-11H2,1H3. The number of carbonyl (C=O) groups excluding carboxylic acids is 1. The molecule has 0 bridgehead atoms. The molecule has 1 aromatic carbocycles. The van der Waals surface area contributed by atoms with Crippen LogP contribution in [-0.4, -0.2) is 35.0 Å². The third kappa shape index (κ3) is 2.77. The fourth-order valence-electron chi connectivity index (χ4n) is 2.37. The summed E-state index contributed by atoms with van der Waals surface area (Å²) < 4.78 is 5.68. The maximum Gasteiger partial charge on any atom is 0.254 e. The molecule has 0 saturated carbocycles. The molecule has 2 heterocycles. The Hall–Kier alpha value is -2.87. The first-order chi connectivity index (χ1) is 10.7. The third-order valence-electron chi connectivity index (χ3n) is 3.57. The van der Waals surface area contributed by atoms with E-state index in [1.54, 1.807) is 23.2 Å². The van der Waals surface area contributed by atoms with Gasteiger partial charge in [0.15, 0.2) is 0 Å². The van der Waals surface area contributed by atoms with E-state index in [0.717, 1.165) is 5.56 Å². The Labute approximate surface area is 128 Å². The third-order valence-corrected chi connectivity index (χ3v) is 3.57. The van der Waals surface area contributed by atoms with Crippen LogP contribution in [0.4, 0.5) is 0 Å². The minimum absolute atomic E-state index is 0.00470. The van der Waals surface area contributed by atoms with E-state index in [4.69, 9.17) is 10.00 Å². The summed E-state index contributed by atoms with van der Waals surface area (Å²) in [6, 6.07) is 12.9. The highest BCUT2D eigenvalue weighted by atomic mass is 16.5. The maximum atomic E-state index is 12.3. The molecular formula is C17H15N3O2. The van der Waals surface area contributed by atoms with Crippen molar-refractivity contribution in [1.29, 1.82) is 5.26 Å². The second-order valence-corrected chi connectivity index (χ2v) is 5.29. The van der Waals surface area contributed by atoms with Crippen LogP contribution in [0.5, 0.6) is 5.88 Å². The molecule has 0 unspecified atom stereocenters. The zero-order chi connectivity index (χ0) is 15.5. The number of hydrogen-bond donors (Lipinski definition) is 0. The molecule has 1 saturated heterocycles. The van der Waals surface area contributed by atoms with E-state index in [-0.39, 0.29) is 12.0 Å². The molecule has 1 aromatic heterocycles. The van der Waals surface area contributed by atoms with Crippen molar-refractivity contribution >= 4 is 5.91 Å². The molecule has 3 rings (SSSR count). The van der Waals surface area contributed by atoms with E-state index in [0.29, 0.717) is 30.1 Å². The van der Waals surface area contributed by atoms with Crippen LogP contribution in [0.25, 0.3) is 0 Å². The van der Waals surface area contributed by atoms with E-state index in [1.807, 2.05) is 37.3 Å². The van der Waals surface area contributed by atoms with E-state index in [2.05, 4.69) is 4.98 Å². The van der Waals surface area contributed by atoms with Gasteiger partial charge in [0.2, 0.25) is 5.88 Å². The quantitative estimate of drug-likeness (QED) is 0.870. The SMILES string of the molecule is Cc1cccc(C(=O)N2CC(Oc3ncccc3C#N)C2)c1. The molecule has 0 atom stereocenters. The smallest absolute Gasteiger partial charge is 0.254 e. The summed E-state index contributed by atoms with van der Waals surface area (Å²) in [7, 11) is 0. The highest BCUT2D eigenvalue weighted by Crippen LogP contribution is 2.21. The van der Waals surface area contributed by atoms with Gasteiger partial charge in [-0.2, -0.15) is 5.26 Å². The fraction of sp³-hybridized carbons (Fsp3) is 0.235. The Morgan fingerprint density at radius 3 is 2.91 bits per heavy atom. The normalized spacial score (nSPS) is 14.1. The van der Waals surface area contributed by atoms with Crippen LogP contribution in [0.3, 0.4) is 0 Å². The zero-order valence-corrected chi connectivity index (χ0v) is 12.2. The number of ether oxygens (including phenoxy) is 1. The molecule has 2 aromatic rings. The van der Waals surface area contributed by atoms with E-state index in [1.165, 1.54) is 0 Å². The van der Waals surface area contributed by atoms with Crippen molar-refractivity contribution in [2.45, 2.75) is 13.0 Å². The number of likely N-dealkylation sites (tertiary alicyclic amines) is 1. The summed E-state index contributed by atoms with van der Waals surface area (Å²) in [6.45, 7) is 2.98. The Morgan fingerprint density at radius 1 is 1.36 bits per heavy atom. The first kappa shape index (κ1) is 14.1. The highest BCUT2D eigenvalue weighted by molar-refractivity contribution is 5.95. The second-order valence-electron chi connectivity index (χ2n) is 5.29. The van der Waals surface area contributed by atoms with Crippen molar-refractivity contribution in [2.24, 2.45) is 0 Å². The van der Waals surface area contributed by atoms with Gasteiger partial charge in [0.1, 0.15) is 17.7 Å². The number of aryl methyl sites for hydroxylation is 1. The van der Waals surface area contributed by atoms with Crippen LogP contribution in [-0.2, 0) is 0 Å². The number of aromatic nitrogens is 1. The number of rotatable bonds is 3. The van der Waals surface area contributed by atoms with E-state index in [9.17, 15) is 4.79 Å². The lowest BCUT2D eigenvalue weighted by molar-refractivity contribution is 0.0159. The Bertz CT molecular complexity index is 746. The zero-order valence-electron chi connectivity index (χ0n) is 12.2. The molecule has 5 nitrogen and oxygen atoms in total. The molecular weight excluding hydrogens is 278 g/mol. The molecule has 0 spiro atoms. The molecule has 1 fully saturated rings. The molecule has 1 aliphatic rings. The van der Waals surface area contributed by atoms with Gasteiger partial charge in [-0.05, 0) is 31.2 Å². The van der Waals surface area contributed by atoms with Crippen molar-refractivity contribution < 1.29 is 9.53 Å². The minimum Gasteiger partial charge on any atom is -0.470 e. The first-order valence-corrected chi connectivity index (χ1v) is 7.05. The van der Waals surface area contributed by atoms with Crippen LogP contribution in [0, 0.1) is 18.3 Å². The average molecular weight is 293 g/mol. The van der Waals surface area contributed by atoms with Crippen LogP contribution < -0.4 is 4.74 Å². The summed E-state index contributed by atoms with van der Waals surface area (Å²) in [5.74, 6) is 0.336. The average Bonchev–Trinajstić information content (AvgIpc) is 2.50. The van der Waals surface area contributed by atoms with Crippen molar-refractivity contribution in [3.8, 4) is 11.9 Å². The molecule has 1 aliphatic heterocycles. The van der Waals surface area contributed by atoms with Gasteiger partial charge in [-0.1, -0.05) is 17.7 Å². The van der Waals surface area contributed by atoms with Gasteiger partial charge in [-0.25, -0.2) is 4.98 Å². The van der Waals surface area contributed by atoms with E-state index < -0.39 is 0 Å². The van der Waals surface area contributed by atoms with Gasteiger partial charge >= 0.3 is 0 Å². The lowest BCUT2D eigenvalue weighted by atomic mass is 10.1. The summed E-state index contributed by atoms with van der Waals surface area (Å²) in [5.41, 5.74) is 2.16. The number of nitrogens with zero attached hydrogens (tertiary/aromatic N) is 3. The van der Waals surface area contributed by atoms with Crippen molar-refractivity contribution in [1.82, 2.24) is 9.88 Å². The number of amides is 1. The van der Waals surface area contributed by atoms with Gasteiger partial charge in [-0.15, -0.1) is 0 Å². The number of pyridine rings is 1. The minimum atomic E-state index is -0.115. The van der Waals surface area contributed by atoms with Gasteiger partial charge in [0.05, 0.1) is 13.1 Å². The Kier molecular flexibility index (Phi) is 3.75. The lowest BCUT2D eigenvalue weighted by Crippen LogP contribution is -2.56. The second kappa shape index (κ2) is 5.86. The van der Waals surface area contributed by atoms with Crippen molar-refractivity contribution in [2.75, 3.05) is 13.1 Å². The van der Waals surface area contributed by atoms with Gasteiger partial charge in [-0.3, -0.25) is 4.79 Å². The summed E-state index contributed by atoms with van der Waals surface area (Å²) >= 11 is 0. The van der Waals surface area contributed by atoms with Crippen LogP contribution in [0.1, 0.15) is 21.5 Å². The largest absolute Gasteiger partial charge is 0.470 e. The van der Waals surface area contributed by atoms with Crippen LogP contribution in [0.2, 0.25) is 0 Å². The van der Waals surface area contributed by atoms with Gasteiger partial charge in [0, 0.05) is 11.8 Å². The molecule has 1 amide bonds. The summed E-state index contributed by atoms with van der Waals surface area (Å²) in [6.07, 6.45) is 1.47. The molecule has 0 N–H and O–H groups in total. The number of hydrogen-bond acceptors (Lipinski definition) is 4. The Morgan fingerprint density at radius 2 is 2.18 bits per heavy atom. The van der Waals surface area contributed by atoms with Crippen molar-refractivity contribution in [3.63, 3.8) is 0 Å². The van der Waals surface area contributed by atoms with Gasteiger partial charge < -0.3 is 9.64 Å². The molecule has 0 radical (unpaired) electrons. The van der Waals surface area contributed by atoms with Gasteiger partial charge in [0.25, 0.3) is 5.91 Å². The summed E-state index contributed by atoms with van der Waals surface area (Å²) in [4.78, 5) is 18.1. The van der Waals surface area contributed by atoms with Crippen LogP contribution >= 0.6 is 0 Å². The predicted octanol–water partition coefficient (Wildman–Crippen LogP) is 2.17. The molecule has 22 heavy (non-hydrogen) atoms. The highest BCUT2D eigenvalue weighted by Gasteiger charge is 2.33. The van der Waals surface area contributed by atoms with E-state index >= 15 is 0 Å². The van der Waals surface area contributed by atoms with Crippen molar-refractivity contribution in [3.05, 3.63) is 59.3 Å². The fourth-order valence-corrected chi connectivity index (χ4v) is 2.37. The predicted molar refractivity (Wildman–Crippen MR) is 80.5 cm³/mol. The monoisotopic (exact) mass is 293 g/mol. The molecule has 0 aliphatic carbocycles. The Balaban J connectivity index is 1.60. The first-order valence-electron chi connectivity index (χ1n) is 7.05. The molecule has 5 heteroatoms. The van der Waals surface area contributed by atoms with Crippen LogP contribution in [0.15, 0.2) is 42.6 Å². The maximum absolute atomic E-state index is 12.3. The topological polar surface area (TPSA) is 66.2 Å². The summed E-state index contributed by atoms with van der Waals surface area (Å²) in [5, 5.41) is 9.00. The lowest BCUT2D eigenvalue weighted by Gasteiger charge is -2.38. The number of benzene rings is 1. The number of nitriles is 1.